The molecule has 2 fully saturated rings. The van der Waals surface area contributed by atoms with E-state index in [9.17, 15) is 4.39 Å². The lowest BCUT2D eigenvalue weighted by Gasteiger charge is -2.35. The van der Waals surface area contributed by atoms with Gasteiger partial charge in [0, 0.05) is 19.1 Å². The highest BCUT2D eigenvalue weighted by molar-refractivity contribution is 5.77. The van der Waals surface area contributed by atoms with E-state index < -0.39 is 0 Å². The molecule has 2 aromatic rings. The van der Waals surface area contributed by atoms with Crippen LogP contribution in [0, 0.1) is 11.7 Å². The van der Waals surface area contributed by atoms with E-state index in [4.69, 9.17) is 0 Å². The summed E-state index contributed by atoms with van der Waals surface area (Å²) in [5.41, 5.74) is 1.62. The van der Waals surface area contributed by atoms with Gasteiger partial charge in [0.1, 0.15) is 5.82 Å². The van der Waals surface area contributed by atoms with Gasteiger partial charge in [0.15, 0.2) is 0 Å². The van der Waals surface area contributed by atoms with Crippen LogP contribution in [-0.4, -0.2) is 35.6 Å². The van der Waals surface area contributed by atoms with Crippen LogP contribution in [0.3, 0.4) is 0 Å². The monoisotopic (exact) mass is 288 g/mol. The van der Waals surface area contributed by atoms with Crippen molar-refractivity contribution in [2.75, 3.05) is 24.5 Å². The van der Waals surface area contributed by atoms with Gasteiger partial charge in [-0.15, -0.1) is 0 Å². The van der Waals surface area contributed by atoms with Crippen molar-refractivity contribution in [3.63, 3.8) is 0 Å². The van der Waals surface area contributed by atoms with Crippen LogP contribution in [0.2, 0.25) is 0 Å². The molecule has 3 heterocycles. The average molecular weight is 288 g/mol. The summed E-state index contributed by atoms with van der Waals surface area (Å²) < 4.78 is 13.3. The van der Waals surface area contributed by atoms with Crippen LogP contribution < -0.4 is 10.2 Å². The quantitative estimate of drug-likeness (QED) is 0.893. The maximum atomic E-state index is 13.3. The molecule has 4 rings (SSSR count). The summed E-state index contributed by atoms with van der Waals surface area (Å²) >= 11 is 0. The Bertz CT molecular complexity index is 632. The second-order valence-electron chi connectivity index (χ2n) is 6.27. The van der Waals surface area contributed by atoms with Crippen LogP contribution in [0.15, 0.2) is 18.2 Å². The third-order valence-corrected chi connectivity index (χ3v) is 4.86. The second kappa shape index (κ2) is 5.30. The van der Waals surface area contributed by atoms with E-state index in [2.05, 4.69) is 20.2 Å². The molecule has 0 amide bonds. The van der Waals surface area contributed by atoms with E-state index in [1.54, 1.807) is 6.07 Å². The van der Waals surface area contributed by atoms with Crippen LogP contribution in [0.5, 0.6) is 0 Å². The number of fused-ring (bicyclic) bond motifs is 1. The maximum absolute atomic E-state index is 13.3. The number of nitrogens with one attached hydrogen (secondary N) is 2. The van der Waals surface area contributed by atoms with Crippen molar-refractivity contribution in [2.45, 2.75) is 31.7 Å². The molecular weight excluding hydrogens is 267 g/mol. The summed E-state index contributed by atoms with van der Waals surface area (Å²) in [6.45, 7) is 3.23. The van der Waals surface area contributed by atoms with Gasteiger partial charge < -0.3 is 15.2 Å². The molecule has 0 bridgehead atoms. The van der Waals surface area contributed by atoms with Crippen LogP contribution in [-0.2, 0) is 0 Å². The Morgan fingerprint density at radius 1 is 1.24 bits per heavy atom. The highest BCUT2D eigenvalue weighted by atomic mass is 19.1. The smallest absolute Gasteiger partial charge is 0.203 e. The fourth-order valence-electron chi connectivity index (χ4n) is 3.76. The zero-order chi connectivity index (χ0) is 14.2. The van der Waals surface area contributed by atoms with Crippen molar-refractivity contribution < 1.29 is 4.39 Å². The Hall–Kier alpha value is -1.62. The number of benzene rings is 1. The van der Waals surface area contributed by atoms with Crippen LogP contribution >= 0.6 is 0 Å². The number of aromatic nitrogens is 2. The second-order valence-corrected chi connectivity index (χ2v) is 6.27. The molecule has 112 valence electrons. The zero-order valence-electron chi connectivity index (χ0n) is 12.1. The molecule has 0 spiro atoms. The molecule has 2 aliphatic rings. The van der Waals surface area contributed by atoms with Gasteiger partial charge in [-0.3, -0.25) is 0 Å². The largest absolute Gasteiger partial charge is 0.342 e. The molecular formula is C16H21FN4. The fourth-order valence-corrected chi connectivity index (χ4v) is 3.76. The summed E-state index contributed by atoms with van der Waals surface area (Å²) in [4.78, 5) is 10.2. The average Bonchev–Trinajstić information content (AvgIpc) is 3.16. The number of imidazole rings is 1. The first-order valence-corrected chi connectivity index (χ1v) is 7.93. The Balaban J connectivity index is 1.56. The number of anilines is 1. The van der Waals surface area contributed by atoms with Crippen molar-refractivity contribution in [3.8, 4) is 0 Å². The van der Waals surface area contributed by atoms with Crippen molar-refractivity contribution in [1.82, 2.24) is 15.3 Å². The Kier molecular flexibility index (Phi) is 3.30. The van der Waals surface area contributed by atoms with Gasteiger partial charge in [-0.05, 0) is 56.3 Å². The molecule has 2 atom stereocenters. The number of rotatable bonds is 2. The number of hydrogen-bond acceptors (Lipinski definition) is 3. The minimum Gasteiger partial charge on any atom is -0.342 e. The first-order valence-electron chi connectivity index (χ1n) is 7.93. The fraction of sp³-hybridized carbons (Fsp3) is 0.562. The predicted octanol–water partition coefficient (Wildman–Crippen LogP) is 2.67. The number of halogens is 1. The van der Waals surface area contributed by atoms with Gasteiger partial charge >= 0.3 is 0 Å². The number of nitrogens with zero attached hydrogens (tertiary/aromatic N) is 2. The van der Waals surface area contributed by atoms with Crippen molar-refractivity contribution in [1.29, 1.82) is 0 Å². The number of aromatic amines is 1. The van der Waals surface area contributed by atoms with Crippen LogP contribution in [0.4, 0.5) is 10.3 Å². The van der Waals surface area contributed by atoms with Crippen LogP contribution in [0.1, 0.15) is 25.7 Å². The van der Waals surface area contributed by atoms with Crippen molar-refractivity contribution in [2.24, 2.45) is 5.92 Å². The minimum absolute atomic E-state index is 0.218. The SMILES string of the molecule is Fc1ccc2nc(N3CCCC(C4CCCN4)C3)[nH]c2c1. The molecule has 1 aromatic carbocycles. The van der Waals surface area contributed by atoms with E-state index in [1.807, 2.05) is 0 Å². The summed E-state index contributed by atoms with van der Waals surface area (Å²) in [5, 5.41) is 3.63. The molecule has 2 N–H and O–H groups in total. The molecule has 1 aromatic heterocycles. The topological polar surface area (TPSA) is 44.0 Å². The number of hydrogen-bond donors (Lipinski definition) is 2. The lowest BCUT2D eigenvalue weighted by atomic mass is 9.90. The molecule has 2 aliphatic heterocycles. The first kappa shape index (κ1) is 13.1. The summed E-state index contributed by atoms with van der Waals surface area (Å²) in [6, 6.07) is 5.39. The molecule has 0 saturated carbocycles. The van der Waals surface area contributed by atoms with Gasteiger partial charge in [0.05, 0.1) is 11.0 Å². The maximum Gasteiger partial charge on any atom is 0.203 e. The Labute approximate surface area is 123 Å². The number of piperidine rings is 1. The van der Waals surface area contributed by atoms with Crippen molar-refractivity contribution in [3.05, 3.63) is 24.0 Å². The molecule has 0 aliphatic carbocycles. The summed E-state index contributed by atoms with van der Waals surface area (Å²) in [5.74, 6) is 1.37. The molecule has 2 saturated heterocycles. The third-order valence-electron chi connectivity index (χ3n) is 4.86. The molecule has 0 radical (unpaired) electrons. The predicted molar refractivity (Wildman–Crippen MR) is 82.0 cm³/mol. The van der Waals surface area contributed by atoms with E-state index in [1.165, 1.54) is 37.8 Å². The summed E-state index contributed by atoms with van der Waals surface area (Å²) in [6.07, 6.45) is 5.09. The number of H-pyrrole nitrogens is 1. The lowest BCUT2D eigenvalue weighted by Crippen LogP contribution is -2.43. The van der Waals surface area contributed by atoms with E-state index in [-0.39, 0.29) is 5.82 Å². The molecule has 5 heteroatoms. The Morgan fingerprint density at radius 3 is 3.05 bits per heavy atom. The standard InChI is InChI=1S/C16H21FN4/c17-12-5-6-14-15(9-12)20-16(19-14)21-8-2-3-11(10-21)13-4-1-7-18-13/h5-6,9,11,13,18H,1-4,7-8,10H2,(H,19,20). The molecule has 2 unspecified atom stereocenters. The van der Waals surface area contributed by atoms with E-state index >= 15 is 0 Å². The molecule has 4 nitrogen and oxygen atoms in total. The third kappa shape index (κ3) is 2.50. The van der Waals surface area contributed by atoms with Gasteiger partial charge in [-0.2, -0.15) is 0 Å². The summed E-state index contributed by atoms with van der Waals surface area (Å²) in [7, 11) is 0. The van der Waals surface area contributed by atoms with Crippen molar-refractivity contribution >= 4 is 17.0 Å². The highest BCUT2D eigenvalue weighted by Gasteiger charge is 2.30. The first-order chi connectivity index (χ1) is 10.3. The van der Waals surface area contributed by atoms with Gasteiger partial charge in [-0.25, -0.2) is 9.37 Å². The van der Waals surface area contributed by atoms with Gasteiger partial charge in [0.25, 0.3) is 0 Å². The Morgan fingerprint density at radius 2 is 2.19 bits per heavy atom. The highest BCUT2D eigenvalue weighted by Crippen LogP contribution is 2.28. The van der Waals surface area contributed by atoms with Crippen LogP contribution in [0.25, 0.3) is 11.0 Å². The van der Waals surface area contributed by atoms with E-state index in [0.717, 1.165) is 36.6 Å². The van der Waals surface area contributed by atoms with Gasteiger partial charge in [-0.1, -0.05) is 0 Å². The van der Waals surface area contributed by atoms with Gasteiger partial charge in [0.2, 0.25) is 5.95 Å². The minimum atomic E-state index is -0.218. The zero-order valence-corrected chi connectivity index (χ0v) is 12.1. The van der Waals surface area contributed by atoms with E-state index in [0.29, 0.717) is 12.0 Å². The molecule has 21 heavy (non-hydrogen) atoms. The lowest BCUT2D eigenvalue weighted by molar-refractivity contribution is 0.327. The normalized spacial score (nSPS) is 26.6.